The van der Waals surface area contributed by atoms with Crippen molar-refractivity contribution in [1.29, 1.82) is 0 Å². The summed E-state index contributed by atoms with van der Waals surface area (Å²) in [5.41, 5.74) is 1.19. The predicted molar refractivity (Wildman–Crippen MR) is 75.3 cm³/mol. The molecule has 1 aromatic rings. The average Bonchev–Trinajstić information content (AvgIpc) is 2.42. The third-order valence-electron chi connectivity index (χ3n) is 2.91. The van der Waals surface area contributed by atoms with Crippen LogP contribution in [0.3, 0.4) is 0 Å². The molecule has 0 saturated heterocycles. The fourth-order valence-corrected chi connectivity index (χ4v) is 1.75. The second kappa shape index (κ2) is 7.77. The summed E-state index contributed by atoms with van der Waals surface area (Å²) in [6.45, 7) is 6.75. The summed E-state index contributed by atoms with van der Waals surface area (Å²) >= 11 is 0. The molecule has 1 unspecified atom stereocenters. The molecule has 1 atom stereocenters. The van der Waals surface area contributed by atoms with E-state index in [2.05, 4.69) is 24.9 Å². The molecule has 0 spiro atoms. The lowest BCUT2D eigenvalue weighted by atomic mass is 10.1. The molecule has 18 heavy (non-hydrogen) atoms. The maximum Gasteiger partial charge on any atom is 0.161 e. The molecule has 1 aromatic carbocycles. The monoisotopic (exact) mass is 249 g/mol. The van der Waals surface area contributed by atoms with Crippen LogP contribution in [0.4, 0.5) is 0 Å². The van der Waals surface area contributed by atoms with E-state index in [1.165, 1.54) is 5.56 Å². The van der Waals surface area contributed by atoms with Crippen molar-refractivity contribution in [3.05, 3.63) is 36.4 Å². The van der Waals surface area contributed by atoms with Crippen LogP contribution < -0.4 is 14.8 Å². The van der Waals surface area contributed by atoms with E-state index in [4.69, 9.17) is 9.47 Å². The largest absolute Gasteiger partial charge is 0.493 e. The Balaban J connectivity index is 2.54. The Bertz CT molecular complexity index is 377. The molecule has 0 aliphatic rings. The number of ether oxygens (including phenoxy) is 2. The van der Waals surface area contributed by atoms with Crippen LogP contribution >= 0.6 is 0 Å². The van der Waals surface area contributed by atoms with Crippen molar-refractivity contribution in [3.8, 4) is 11.5 Å². The normalized spacial score (nSPS) is 11.9. The van der Waals surface area contributed by atoms with E-state index in [0.29, 0.717) is 6.04 Å². The minimum atomic E-state index is 0.482. The number of rotatable bonds is 8. The van der Waals surface area contributed by atoms with E-state index < -0.39 is 0 Å². The molecule has 1 N–H and O–H groups in total. The van der Waals surface area contributed by atoms with Crippen molar-refractivity contribution in [2.24, 2.45) is 0 Å². The van der Waals surface area contributed by atoms with Gasteiger partial charge in [-0.2, -0.15) is 0 Å². The van der Waals surface area contributed by atoms with Crippen LogP contribution in [0, 0.1) is 0 Å². The molecule has 0 heterocycles. The quantitative estimate of drug-likeness (QED) is 0.718. The minimum Gasteiger partial charge on any atom is -0.493 e. The molecule has 0 amide bonds. The summed E-state index contributed by atoms with van der Waals surface area (Å²) in [5, 5.41) is 3.48. The zero-order valence-corrected chi connectivity index (χ0v) is 11.5. The van der Waals surface area contributed by atoms with Crippen LogP contribution in [0.2, 0.25) is 0 Å². The Morgan fingerprint density at radius 2 is 2.00 bits per heavy atom. The highest BCUT2D eigenvalue weighted by atomic mass is 16.5. The first kappa shape index (κ1) is 14.6. The van der Waals surface area contributed by atoms with Crippen molar-refractivity contribution in [1.82, 2.24) is 5.32 Å². The van der Waals surface area contributed by atoms with Crippen molar-refractivity contribution in [3.63, 3.8) is 0 Å². The third-order valence-corrected chi connectivity index (χ3v) is 2.91. The summed E-state index contributed by atoms with van der Waals surface area (Å²) in [5.74, 6) is 1.54. The van der Waals surface area contributed by atoms with Gasteiger partial charge in [0.05, 0.1) is 14.2 Å². The molecule has 0 aliphatic carbocycles. The van der Waals surface area contributed by atoms with Crippen LogP contribution in [-0.2, 0) is 6.54 Å². The van der Waals surface area contributed by atoms with E-state index in [0.717, 1.165) is 30.9 Å². The number of nitrogens with one attached hydrogen (secondary N) is 1. The molecule has 3 heteroatoms. The Labute approximate surface area is 110 Å². The number of methoxy groups -OCH3 is 2. The lowest BCUT2D eigenvalue weighted by Gasteiger charge is -2.14. The smallest absolute Gasteiger partial charge is 0.161 e. The lowest BCUT2D eigenvalue weighted by Crippen LogP contribution is -2.25. The van der Waals surface area contributed by atoms with Gasteiger partial charge in [-0.1, -0.05) is 12.1 Å². The molecular weight excluding hydrogens is 226 g/mol. The van der Waals surface area contributed by atoms with Gasteiger partial charge in [0.2, 0.25) is 0 Å². The second-order valence-corrected chi connectivity index (χ2v) is 4.34. The van der Waals surface area contributed by atoms with Crippen molar-refractivity contribution in [2.75, 3.05) is 14.2 Å². The van der Waals surface area contributed by atoms with Crippen LogP contribution in [0.1, 0.15) is 25.3 Å². The molecule has 0 bridgehead atoms. The van der Waals surface area contributed by atoms with Gasteiger partial charge in [-0.25, -0.2) is 0 Å². The maximum absolute atomic E-state index is 5.28. The minimum absolute atomic E-state index is 0.482. The van der Waals surface area contributed by atoms with Crippen LogP contribution in [0.25, 0.3) is 0 Å². The van der Waals surface area contributed by atoms with Gasteiger partial charge in [0.25, 0.3) is 0 Å². The highest BCUT2D eigenvalue weighted by Gasteiger charge is 2.05. The Hall–Kier alpha value is -1.48. The summed E-state index contributed by atoms with van der Waals surface area (Å²) in [7, 11) is 3.30. The van der Waals surface area contributed by atoms with E-state index in [1.54, 1.807) is 14.2 Å². The Morgan fingerprint density at radius 1 is 1.28 bits per heavy atom. The number of benzene rings is 1. The summed E-state index contributed by atoms with van der Waals surface area (Å²) in [4.78, 5) is 0. The highest BCUT2D eigenvalue weighted by molar-refractivity contribution is 5.42. The summed E-state index contributed by atoms with van der Waals surface area (Å²) < 4.78 is 10.5. The average molecular weight is 249 g/mol. The predicted octanol–water partition coefficient (Wildman–Crippen LogP) is 3.15. The molecule has 0 aliphatic heterocycles. The standard InChI is InChI=1S/C15H23NO2/c1-5-6-7-12(2)16-11-13-8-9-14(17-3)15(10-13)18-4/h5,8-10,12,16H,1,6-7,11H2,2-4H3. The molecule has 1 rings (SSSR count). The second-order valence-electron chi connectivity index (χ2n) is 4.34. The SMILES string of the molecule is C=CCCC(C)NCc1ccc(OC)c(OC)c1. The van der Waals surface area contributed by atoms with E-state index in [1.807, 2.05) is 18.2 Å². The molecule has 0 aromatic heterocycles. The fraction of sp³-hybridized carbons (Fsp3) is 0.467. The fourth-order valence-electron chi connectivity index (χ4n) is 1.75. The van der Waals surface area contributed by atoms with E-state index in [9.17, 15) is 0 Å². The summed E-state index contributed by atoms with van der Waals surface area (Å²) in [6.07, 6.45) is 4.10. The van der Waals surface area contributed by atoms with Crippen LogP contribution in [0.15, 0.2) is 30.9 Å². The first-order valence-electron chi connectivity index (χ1n) is 6.26. The molecular formula is C15H23NO2. The number of allylic oxidation sites excluding steroid dienone is 1. The maximum atomic E-state index is 5.28. The van der Waals surface area contributed by atoms with Crippen molar-refractivity contribution < 1.29 is 9.47 Å². The van der Waals surface area contributed by atoms with Crippen molar-refractivity contribution in [2.45, 2.75) is 32.4 Å². The third kappa shape index (κ3) is 4.41. The molecule has 0 saturated carbocycles. The van der Waals surface area contributed by atoms with Crippen molar-refractivity contribution >= 4 is 0 Å². The first-order valence-corrected chi connectivity index (χ1v) is 6.26. The van der Waals surface area contributed by atoms with Gasteiger partial charge >= 0.3 is 0 Å². The van der Waals surface area contributed by atoms with E-state index >= 15 is 0 Å². The first-order chi connectivity index (χ1) is 8.71. The molecule has 3 nitrogen and oxygen atoms in total. The highest BCUT2D eigenvalue weighted by Crippen LogP contribution is 2.27. The Kier molecular flexibility index (Phi) is 6.29. The molecule has 0 radical (unpaired) electrons. The van der Waals surface area contributed by atoms with Crippen LogP contribution in [-0.4, -0.2) is 20.3 Å². The molecule has 0 fully saturated rings. The van der Waals surface area contributed by atoms with Gasteiger partial charge < -0.3 is 14.8 Å². The van der Waals surface area contributed by atoms with Crippen LogP contribution in [0.5, 0.6) is 11.5 Å². The zero-order chi connectivity index (χ0) is 13.4. The number of hydrogen-bond acceptors (Lipinski definition) is 3. The summed E-state index contributed by atoms with van der Waals surface area (Å²) in [6, 6.07) is 6.47. The lowest BCUT2D eigenvalue weighted by molar-refractivity contribution is 0.354. The topological polar surface area (TPSA) is 30.5 Å². The van der Waals surface area contributed by atoms with Gasteiger partial charge in [0.15, 0.2) is 11.5 Å². The van der Waals surface area contributed by atoms with Gasteiger partial charge in [-0.15, -0.1) is 6.58 Å². The van der Waals surface area contributed by atoms with Gasteiger partial charge in [0, 0.05) is 12.6 Å². The zero-order valence-electron chi connectivity index (χ0n) is 11.5. The molecule has 100 valence electrons. The van der Waals surface area contributed by atoms with E-state index in [-0.39, 0.29) is 0 Å². The van der Waals surface area contributed by atoms with Gasteiger partial charge in [0.1, 0.15) is 0 Å². The van der Waals surface area contributed by atoms with Gasteiger partial charge in [-0.05, 0) is 37.5 Å². The number of hydrogen-bond donors (Lipinski definition) is 1. The Morgan fingerprint density at radius 3 is 2.61 bits per heavy atom. The van der Waals surface area contributed by atoms with Gasteiger partial charge in [-0.3, -0.25) is 0 Å².